The average Bonchev–Trinajstić information content (AvgIpc) is 2.28. The molecule has 2 rings (SSSR count). The summed E-state index contributed by atoms with van der Waals surface area (Å²) >= 11 is 9.74. The Hall–Kier alpha value is -0.800. The van der Waals surface area contributed by atoms with E-state index in [0.717, 1.165) is 33.2 Å². The van der Waals surface area contributed by atoms with Crippen molar-refractivity contribution in [1.29, 1.82) is 0 Å². The molecule has 1 aromatic carbocycles. The summed E-state index contributed by atoms with van der Waals surface area (Å²) in [5, 5.41) is 4.95. The summed E-state index contributed by atoms with van der Waals surface area (Å²) in [5.41, 5.74) is 3.01. The maximum atomic E-state index is 6.28. The van der Waals surface area contributed by atoms with Crippen LogP contribution in [0.5, 0.6) is 0 Å². The molecule has 18 heavy (non-hydrogen) atoms. The molecule has 0 saturated carbocycles. The van der Waals surface area contributed by atoms with Gasteiger partial charge in [0.1, 0.15) is 0 Å². The number of nitrogens with zero attached hydrogens (tertiary/aromatic N) is 1. The fourth-order valence-electron chi connectivity index (χ4n) is 2.03. The molecule has 2 nitrogen and oxygen atoms in total. The Morgan fingerprint density at radius 2 is 2.06 bits per heavy atom. The molecule has 0 atom stereocenters. The molecule has 0 spiro atoms. The van der Waals surface area contributed by atoms with Crippen molar-refractivity contribution in [3.63, 3.8) is 0 Å². The van der Waals surface area contributed by atoms with Crippen LogP contribution in [0.25, 0.3) is 10.9 Å². The van der Waals surface area contributed by atoms with Crippen LogP contribution in [0.2, 0.25) is 5.02 Å². The second-order valence-corrected chi connectivity index (χ2v) is 6.12. The minimum Gasteiger partial charge on any atom is -0.388 e. The maximum Gasteiger partial charge on any atom is 0.0912 e. The first kappa shape index (κ1) is 13.6. The van der Waals surface area contributed by atoms with E-state index in [2.05, 4.69) is 46.1 Å². The number of fused-ring (bicyclic) bond motifs is 1. The number of benzene rings is 1. The molecule has 0 radical (unpaired) electrons. The Balaban J connectivity index is 2.67. The quantitative estimate of drug-likeness (QED) is 0.868. The number of aromatic nitrogens is 1. The molecule has 0 aliphatic carbocycles. The third-order valence-electron chi connectivity index (χ3n) is 2.77. The summed E-state index contributed by atoms with van der Waals surface area (Å²) in [7, 11) is 1.92. The summed E-state index contributed by atoms with van der Waals surface area (Å²) in [6.45, 7) is 4.38. The van der Waals surface area contributed by atoms with E-state index in [-0.39, 0.29) is 0 Å². The summed E-state index contributed by atoms with van der Waals surface area (Å²) < 4.78 is 0.968. The van der Waals surface area contributed by atoms with Crippen LogP contribution >= 0.6 is 27.5 Å². The number of nitrogens with one attached hydrogen (secondary N) is 1. The van der Waals surface area contributed by atoms with Gasteiger partial charge in [0, 0.05) is 28.3 Å². The van der Waals surface area contributed by atoms with Crippen LogP contribution in [0.1, 0.15) is 19.5 Å². The van der Waals surface area contributed by atoms with E-state index in [1.807, 2.05) is 19.2 Å². The molecule has 96 valence electrons. The summed E-state index contributed by atoms with van der Waals surface area (Å²) in [6.07, 6.45) is 0.955. The van der Waals surface area contributed by atoms with Gasteiger partial charge in [-0.05, 0) is 30.5 Å². The van der Waals surface area contributed by atoms with Crippen LogP contribution in [0.15, 0.2) is 22.7 Å². The highest BCUT2D eigenvalue weighted by molar-refractivity contribution is 9.10. The molecule has 0 unspecified atom stereocenters. The van der Waals surface area contributed by atoms with Gasteiger partial charge in [0.25, 0.3) is 0 Å². The van der Waals surface area contributed by atoms with Crippen LogP contribution in [-0.2, 0) is 6.42 Å². The number of hydrogen-bond donors (Lipinski definition) is 1. The van der Waals surface area contributed by atoms with Crippen molar-refractivity contribution in [1.82, 2.24) is 4.98 Å². The van der Waals surface area contributed by atoms with Gasteiger partial charge in [0.05, 0.1) is 10.5 Å². The molecule has 0 aliphatic heterocycles. The van der Waals surface area contributed by atoms with Gasteiger partial charge in [-0.25, -0.2) is 0 Å². The lowest BCUT2D eigenvalue weighted by Crippen LogP contribution is -2.01. The molecule has 1 N–H and O–H groups in total. The smallest absolute Gasteiger partial charge is 0.0912 e. The molecule has 0 amide bonds. The van der Waals surface area contributed by atoms with Gasteiger partial charge in [-0.15, -0.1) is 0 Å². The topological polar surface area (TPSA) is 24.9 Å². The highest BCUT2D eigenvalue weighted by Gasteiger charge is 2.10. The fraction of sp³-hybridized carbons (Fsp3) is 0.357. The average molecular weight is 328 g/mol. The monoisotopic (exact) mass is 326 g/mol. The highest BCUT2D eigenvalue weighted by Crippen LogP contribution is 2.32. The first-order valence-corrected chi connectivity index (χ1v) is 7.14. The van der Waals surface area contributed by atoms with E-state index in [1.165, 1.54) is 0 Å². The van der Waals surface area contributed by atoms with Gasteiger partial charge in [0.15, 0.2) is 0 Å². The van der Waals surface area contributed by atoms with Crippen molar-refractivity contribution in [2.45, 2.75) is 20.3 Å². The van der Waals surface area contributed by atoms with Gasteiger partial charge in [-0.1, -0.05) is 41.4 Å². The molecule has 0 bridgehead atoms. The zero-order chi connectivity index (χ0) is 13.3. The molecule has 2 aromatic rings. The molecule has 1 heterocycles. The summed E-state index contributed by atoms with van der Waals surface area (Å²) in [4.78, 5) is 4.67. The number of rotatable bonds is 3. The van der Waals surface area contributed by atoms with Crippen molar-refractivity contribution in [2.24, 2.45) is 5.92 Å². The normalized spacial score (nSPS) is 11.2. The number of pyridine rings is 1. The van der Waals surface area contributed by atoms with E-state index in [9.17, 15) is 0 Å². The van der Waals surface area contributed by atoms with Crippen LogP contribution in [-0.4, -0.2) is 12.0 Å². The first-order chi connectivity index (χ1) is 8.51. The predicted molar refractivity (Wildman–Crippen MR) is 82.5 cm³/mol. The minimum absolute atomic E-state index is 0.578. The second kappa shape index (κ2) is 5.45. The van der Waals surface area contributed by atoms with Crippen LogP contribution in [0, 0.1) is 5.92 Å². The molecular weight excluding hydrogens is 312 g/mol. The summed E-state index contributed by atoms with van der Waals surface area (Å²) in [5.74, 6) is 0.578. The SMILES string of the molecule is CNc1cc(CC(C)C)nc2c(Cl)cc(Br)cc12. The lowest BCUT2D eigenvalue weighted by atomic mass is 10.1. The van der Waals surface area contributed by atoms with E-state index < -0.39 is 0 Å². The molecular formula is C14H16BrClN2. The van der Waals surface area contributed by atoms with Crippen LogP contribution in [0.3, 0.4) is 0 Å². The number of hydrogen-bond acceptors (Lipinski definition) is 2. The van der Waals surface area contributed by atoms with Crippen molar-refractivity contribution < 1.29 is 0 Å². The van der Waals surface area contributed by atoms with Crippen LogP contribution in [0.4, 0.5) is 5.69 Å². The standard InChI is InChI=1S/C14H16BrClN2/c1-8(2)4-10-7-13(17-3)11-5-9(15)6-12(16)14(11)18-10/h5-8H,4H2,1-3H3,(H,17,18). The lowest BCUT2D eigenvalue weighted by Gasteiger charge is -2.12. The van der Waals surface area contributed by atoms with Gasteiger partial charge in [-0.2, -0.15) is 0 Å². The molecule has 0 fully saturated rings. The van der Waals surface area contributed by atoms with Crippen molar-refractivity contribution in [3.05, 3.63) is 33.4 Å². The Kier molecular flexibility index (Phi) is 4.13. The Labute approximate surface area is 121 Å². The summed E-state index contributed by atoms with van der Waals surface area (Å²) in [6, 6.07) is 6.03. The predicted octanol–water partition coefficient (Wildman–Crippen LogP) is 4.89. The Morgan fingerprint density at radius 3 is 2.67 bits per heavy atom. The van der Waals surface area contributed by atoms with Crippen molar-refractivity contribution in [3.8, 4) is 0 Å². The molecule has 4 heteroatoms. The van der Waals surface area contributed by atoms with Gasteiger partial charge in [0.2, 0.25) is 0 Å². The van der Waals surface area contributed by atoms with E-state index in [0.29, 0.717) is 10.9 Å². The fourth-order valence-corrected chi connectivity index (χ4v) is 2.89. The largest absolute Gasteiger partial charge is 0.388 e. The van der Waals surface area contributed by atoms with Crippen molar-refractivity contribution in [2.75, 3.05) is 12.4 Å². The van der Waals surface area contributed by atoms with E-state index in [1.54, 1.807) is 0 Å². The Morgan fingerprint density at radius 1 is 1.33 bits per heavy atom. The minimum atomic E-state index is 0.578. The Bertz CT molecular complexity index is 582. The van der Waals surface area contributed by atoms with Gasteiger partial charge in [-0.3, -0.25) is 4.98 Å². The first-order valence-electron chi connectivity index (χ1n) is 5.97. The second-order valence-electron chi connectivity index (χ2n) is 4.79. The number of anilines is 1. The van der Waals surface area contributed by atoms with E-state index in [4.69, 9.17) is 11.6 Å². The zero-order valence-electron chi connectivity index (χ0n) is 10.7. The third kappa shape index (κ3) is 2.78. The van der Waals surface area contributed by atoms with Crippen molar-refractivity contribution >= 4 is 44.1 Å². The zero-order valence-corrected chi connectivity index (χ0v) is 13.1. The van der Waals surface area contributed by atoms with E-state index >= 15 is 0 Å². The van der Waals surface area contributed by atoms with Crippen LogP contribution < -0.4 is 5.32 Å². The lowest BCUT2D eigenvalue weighted by molar-refractivity contribution is 0.637. The highest BCUT2D eigenvalue weighted by atomic mass is 79.9. The third-order valence-corrected chi connectivity index (χ3v) is 3.52. The maximum absolute atomic E-state index is 6.28. The number of halogens is 2. The molecule has 1 aromatic heterocycles. The molecule has 0 saturated heterocycles. The van der Waals surface area contributed by atoms with Gasteiger partial charge < -0.3 is 5.32 Å². The van der Waals surface area contributed by atoms with Gasteiger partial charge >= 0.3 is 0 Å². The molecule has 0 aliphatic rings.